The zero-order valence-electron chi connectivity index (χ0n) is 9.61. The second-order valence-corrected chi connectivity index (χ2v) is 4.66. The maximum absolute atomic E-state index is 9.72. The van der Waals surface area contributed by atoms with Crippen LogP contribution in [0.25, 0.3) is 0 Å². The van der Waals surface area contributed by atoms with Crippen LogP contribution in [0, 0.1) is 5.92 Å². The first kappa shape index (κ1) is 15.6. The second kappa shape index (κ2) is 7.00. The van der Waals surface area contributed by atoms with Gasteiger partial charge in [0.1, 0.15) is 5.75 Å². The van der Waals surface area contributed by atoms with Gasteiger partial charge in [0, 0.05) is 11.6 Å². The van der Waals surface area contributed by atoms with E-state index >= 15 is 0 Å². The van der Waals surface area contributed by atoms with Crippen LogP contribution in [-0.2, 0) is 0 Å². The zero-order valence-corrected chi connectivity index (χ0v) is 11.2. The number of hydrogen-bond acceptors (Lipinski definition) is 2. The van der Waals surface area contributed by atoms with Crippen molar-refractivity contribution in [1.29, 1.82) is 0 Å². The lowest BCUT2D eigenvalue weighted by Crippen LogP contribution is -2.11. The van der Waals surface area contributed by atoms with E-state index in [1.54, 1.807) is 6.07 Å². The number of halogens is 2. The highest BCUT2D eigenvalue weighted by Gasteiger charge is 2.13. The topological polar surface area (TPSA) is 46.2 Å². The minimum Gasteiger partial charge on any atom is -0.506 e. The zero-order chi connectivity index (χ0) is 11.4. The molecule has 0 radical (unpaired) electrons. The summed E-state index contributed by atoms with van der Waals surface area (Å²) in [6.07, 6.45) is 1.92. The lowest BCUT2D eigenvalue weighted by Gasteiger charge is -2.15. The van der Waals surface area contributed by atoms with Gasteiger partial charge in [0.05, 0.1) is 5.02 Å². The smallest absolute Gasteiger partial charge is 0.138 e. The van der Waals surface area contributed by atoms with Crippen LogP contribution in [0.4, 0.5) is 0 Å². The van der Waals surface area contributed by atoms with Crippen LogP contribution in [0.15, 0.2) is 18.2 Å². The fourth-order valence-corrected chi connectivity index (χ4v) is 1.68. The summed E-state index contributed by atoms with van der Waals surface area (Å²) in [6.45, 7) is 4.31. The van der Waals surface area contributed by atoms with E-state index in [0.29, 0.717) is 10.9 Å². The highest BCUT2D eigenvalue weighted by atomic mass is 35.5. The largest absolute Gasteiger partial charge is 0.506 e. The van der Waals surface area contributed by atoms with Gasteiger partial charge in [-0.25, -0.2) is 0 Å². The quantitative estimate of drug-likeness (QED) is 0.866. The van der Waals surface area contributed by atoms with Crippen LogP contribution >= 0.6 is 24.0 Å². The maximum Gasteiger partial charge on any atom is 0.138 e. The summed E-state index contributed by atoms with van der Waals surface area (Å²) >= 11 is 5.82. The summed E-state index contributed by atoms with van der Waals surface area (Å²) in [6, 6.07) is 5.17. The van der Waals surface area contributed by atoms with Crippen LogP contribution in [0.3, 0.4) is 0 Å². The van der Waals surface area contributed by atoms with Crippen LogP contribution in [-0.4, -0.2) is 5.11 Å². The Morgan fingerprint density at radius 1 is 1.31 bits per heavy atom. The fourth-order valence-electron chi connectivity index (χ4n) is 1.50. The standard InChI is InChI=1S/C12H18ClNO.ClH/c1-8(2)6-7-11(14)9-4-3-5-10(13)12(9)15;/h3-5,8,11,15H,6-7,14H2,1-2H3;1H/t11-;/m0./s1. The molecule has 2 nitrogen and oxygen atoms in total. The van der Waals surface area contributed by atoms with Crippen LogP contribution < -0.4 is 5.73 Å². The van der Waals surface area contributed by atoms with E-state index in [9.17, 15) is 5.11 Å². The molecule has 16 heavy (non-hydrogen) atoms. The highest BCUT2D eigenvalue weighted by molar-refractivity contribution is 6.32. The molecular formula is C12H19Cl2NO. The first-order chi connectivity index (χ1) is 7.02. The second-order valence-electron chi connectivity index (χ2n) is 4.26. The highest BCUT2D eigenvalue weighted by Crippen LogP contribution is 2.32. The Morgan fingerprint density at radius 2 is 1.94 bits per heavy atom. The Labute approximate surface area is 108 Å². The molecule has 1 atom stereocenters. The van der Waals surface area contributed by atoms with Crippen LogP contribution in [0.2, 0.25) is 5.02 Å². The Morgan fingerprint density at radius 3 is 2.50 bits per heavy atom. The van der Waals surface area contributed by atoms with Crippen molar-refractivity contribution < 1.29 is 5.11 Å². The molecule has 0 aliphatic heterocycles. The third kappa shape index (κ3) is 4.20. The van der Waals surface area contributed by atoms with Crippen molar-refractivity contribution >= 4 is 24.0 Å². The average Bonchev–Trinajstić information content (AvgIpc) is 2.18. The van der Waals surface area contributed by atoms with E-state index < -0.39 is 0 Å². The van der Waals surface area contributed by atoms with E-state index in [0.717, 1.165) is 18.4 Å². The van der Waals surface area contributed by atoms with Crippen molar-refractivity contribution in [2.24, 2.45) is 11.7 Å². The number of para-hydroxylation sites is 1. The molecule has 0 heterocycles. The minimum absolute atomic E-state index is 0. The van der Waals surface area contributed by atoms with Crippen molar-refractivity contribution in [3.05, 3.63) is 28.8 Å². The molecule has 0 bridgehead atoms. The van der Waals surface area contributed by atoms with Gasteiger partial charge in [0.25, 0.3) is 0 Å². The number of rotatable bonds is 4. The molecule has 0 aliphatic rings. The third-order valence-electron chi connectivity index (χ3n) is 2.47. The van der Waals surface area contributed by atoms with Gasteiger partial charge >= 0.3 is 0 Å². The van der Waals surface area contributed by atoms with E-state index in [1.807, 2.05) is 12.1 Å². The summed E-state index contributed by atoms with van der Waals surface area (Å²) in [5.74, 6) is 0.743. The molecule has 0 aliphatic carbocycles. The van der Waals surface area contributed by atoms with Gasteiger partial charge in [0.2, 0.25) is 0 Å². The maximum atomic E-state index is 9.72. The lowest BCUT2D eigenvalue weighted by molar-refractivity contribution is 0.448. The number of aromatic hydroxyl groups is 1. The molecule has 1 aromatic rings. The van der Waals surface area contributed by atoms with Gasteiger partial charge in [-0.05, 0) is 24.8 Å². The SMILES string of the molecule is CC(C)CC[C@H](N)c1cccc(Cl)c1O.Cl. The fraction of sp³-hybridized carbons (Fsp3) is 0.500. The van der Waals surface area contributed by atoms with Gasteiger partial charge in [-0.3, -0.25) is 0 Å². The van der Waals surface area contributed by atoms with Crippen molar-refractivity contribution in [2.45, 2.75) is 32.7 Å². The Hall–Kier alpha value is -0.440. The van der Waals surface area contributed by atoms with Gasteiger partial charge < -0.3 is 10.8 Å². The van der Waals surface area contributed by atoms with E-state index in [1.165, 1.54) is 0 Å². The Balaban J connectivity index is 0.00000225. The first-order valence-corrected chi connectivity index (χ1v) is 5.63. The number of nitrogens with two attached hydrogens (primary N) is 1. The van der Waals surface area contributed by atoms with Gasteiger partial charge in [-0.15, -0.1) is 12.4 Å². The molecular weight excluding hydrogens is 245 g/mol. The summed E-state index contributed by atoms with van der Waals surface area (Å²) in [7, 11) is 0. The van der Waals surface area contributed by atoms with Gasteiger partial charge in [0.15, 0.2) is 0 Å². The molecule has 0 saturated carbocycles. The number of hydrogen-bond donors (Lipinski definition) is 2. The molecule has 0 amide bonds. The first-order valence-electron chi connectivity index (χ1n) is 5.25. The Bertz CT molecular complexity index is 329. The molecule has 3 N–H and O–H groups in total. The summed E-state index contributed by atoms with van der Waals surface area (Å²) < 4.78 is 0. The summed E-state index contributed by atoms with van der Waals surface area (Å²) in [5.41, 5.74) is 6.73. The summed E-state index contributed by atoms with van der Waals surface area (Å²) in [4.78, 5) is 0. The number of phenolic OH excluding ortho intramolecular Hbond substituents is 1. The molecule has 1 aromatic carbocycles. The lowest BCUT2D eigenvalue weighted by atomic mass is 9.98. The molecule has 4 heteroatoms. The third-order valence-corrected chi connectivity index (χ3v) is 2.78. The van der Waals surface area contributed by atoms with E-state index in [4.69, 9.17) is 17.3 Å². The Kier molecular flexibility index (Phi) is 6.81. The van der Waals surface area contributed by atoms with Crippen LogP contribution in [0.1, 0.15) is 38.3 Å². The molecule has 0 spiro atoms. The molecule has 92 valence electrons. The van der Waals surface area contributed by atoms with E-state index in [-0.39, 0.29) is 24.2 Å². The monoisotopic (exact) mass is 263 g/mol. The normalized spacial score (nSPS) is 12.3. The van der Waals surface area contributed by atoms with Crippen molar-refractivity contribution in [2.75, 3.05) is 0 Å². The molecule has 0 saturated heterocycles. The van der Waals surface area contributed by atoms with Crippen molar-refractivity contribution in [3.8, 4) is 5.75 Å². The predicted octanol–water partition coefficient (Wildman–Crippen LogP) is 3.90. The molecule has 1 rings (SSSR count). The van der Waals surface area contributed by atoms with Crippen molar-refractivity contribution in [1.82, 2.24) is 0 Å². The summed E-state index contributed by atoms with van der Waals surface area (Å²) in [5, 5.41) is 10.1. The van der Waals surface area contributed by atoms with Gasteiger partial charge in [-0.2, -0.15) is 0 Å². The molecule has 0 unspecified atom stereocenters. The van der Waals surface area contributed by atoms with Gasteiger partial charge in [-0.1, -0.05) is 37.6 Å². The van der Waals surface area contributed by atoms with Crippen molar-refractivity contribution in [3.63, 3.8) is 0 Å². The van der Waals surface area contributed by atoms with Crippen LogP contribution in [0.5, 0.6) is 5.75 Å². The molecule has 0 aromatic heterocycles. The van der Waals surface area contributed by atoms with E-state index in [2.05, 4.69) is 13.8 Å². The molecule has 0 fully saturated rings. The minimum atomic E-state index is -0.133. The predicted molar refractivity (Wildman–Crippen MR) is 71.4 cm³/mol. The number of benzene rings is 1. The number of phenols is 1. The average molecular weight is 264 g/mol.